The summed E-state index contributed by atoms with van der Waals surface area (Å²) in [4.78, 5) is 23.2. The number of β-amino-alcohol motifs (C(OH)–C–C–N with tert-alkyl or cyclic N) is 1. The first-order valence-corrected chi connectivity index (χ1v) is 5.62. The van der Waals surface area contributed by atoms with Crippen LogP contribution in [0, 0.1) is 10.1 Å². The second kappa shape index (κ2) is 5.21. The molecule has 8 heteroatoms. The van der Waals surface area contributed by atoms with E-state index in [0.29, 0.717) is 5.75 Å². The van der Waals surface area contributed by atoms with Crippen LogP contribution in [-0.2, 0) is 4.79 Å². The van der Waals surface area contributed by atoms with Crippen LogP contribution in [-0.4, -0.2) is 41.7 Å². The first-order valence-electron chi connectivity index (χ1n) is 5.62. The molecule has 0 aliphatic carbocycles. The Kier molecular flexibility index (Phi) is 3.63. The van der Waals surface area contributed by atoms with Gasteiger partial charge in [-0.15, -0.1) is 0 Å². The Balaban J connectivity index is 2.38. The number of ether oxygens (including phenoxy) is 1. The summed E-state index contributed by atoms with van der Waals surface area (Å²) in [7, 11) is 0. The molecule has 1 aromatic rings. The summed E-state index contributed by atoms with van der Waals surface area (Å²) in [5.41, 5.74) is 5.43. The average Bonchev–Trinajstić information content (AvgIpc) is 2.41. The van der Waals surface area contributed by atoms with Crippen molar-refractivity contribution in [3.8, 4) is 5.75 Å². The van der Waals surface area contributed by atoms with E-state index in [1.54, 1.807) is 0 Å². The van der Waals surface area contributed by atoms with Gasteiger partial charge in [0.05, 0.1) is 23.3 Å². The molecule has 0 bridgehead atoms. The molecule has 3 N–H and O–H groups in total. The molecule has 1 atom stereocenters. The van der Waals surface area contributed by atoms with Gasteiger partial charge >= 0.3 is 0 Å². The number of non-ortho nitro benzene ring substituents is 1. The van der Waals surface area contributed by atoms with Crippen LogP contribution in [0.25, 0.3) is 0 Å². The maximum atomic E-state index is 11.8. The highest BCUT2D eigenvalue weighted by Crippen LogP contribution is 2.35. The van der Waals surface area contributed by atoms with Crippen molar-refractivity contribution < 1.29 is 19.6 Å². The monoisotopic (exact) mass is 267 g/mol. The molecule has 0 saturated carbocycles. The molecule has 0 saturated heterocycles. The molecule has 0 fully saturated rings. The van der Waals surface area contributed by atoms with Crippen molar-refractivity contribution in [1.82, 2.24) is 0 Å². The number of nitro groups is 1. The summed E-state index contributed by atoms with van der Waals surface area (Å²) in [5, 5.41) is 20.3. The fourth-order valence-corrected chi connectivity index (χ4v) is 1.79. The number of benzene rings is 1. The first kappa shape index (κ1) is 13.2. The predicted octanol–water partition coefficient (Wildman–Crippen LogP) is -0.360. The fourth-order valence-electron chi connectivity index (χ4n) is 1.79. The number of hydrogen-bond acceptors (Lipinski definition) is 6. The number of nitrogens with two attached hydrogens (primary N) is 1. The van der Waals surface area contributed by atoms with E-state index in [2.05, 4.69) is 0 Å². The molecule has 19 heavy (non-hydrogen) atoms. The lowest BCUT2D eigenvalue weighted by Crippen LogP contribution is -2.45. The number of nitro benzene ring substituents is 1. The van der Waals surface area contributed by atoms with Crippen LogP contribution in [0.1, 0.15) is 0 Å². The molecule has 1 unspecified atom stereocenters. The summed E-state index contributed by atoms with van der Waals surface area (Å²) >= 11 is 0. The van der Waals surface area contributed by atoms with Crippen LogP contribution >= 0.6 is 0 Å². The maximum Gasteiger partial charge on any atom is 0.271 e. The van der Waals surface area contributed by atoms with Crippen molar-refractivity contribution in [2.24, 2.45) is 5.73 Å². The van der Waals surface area contributed by atoms with Gasteiger partial charge in [-0.1, -0.05) is 0 Å². The van der Waals surface area contributed by atoms with E-state index in [9.17, 15) is 20.0 Å². The Morgan fingerprint density at radius 1 is 1.58 bits per heavy atom. The SMILES string of the molecule is NCC(O)CN1C(=O)COc2ccc([N+](=O)[O-])cc21. The highest BCUT2D eigenvalue weighted by molar-refractivity contribution is 5.98. The minimum absolute atomic E-state index is 0.00506. The van der Waals surface area contributed by atoms with E-state index in [1.807, 2.05) is 0 Å². The number of hydrogen-bond donors (Lipinski definition) is 2. The van der Waals surface area contributed by atoms with Crippen molar-refractivity contribution in [3.05, 3.63) is 28.3 Å². The van der Waals surface area contributed by atoms with Gasteiger partial charge in [-0.05, 0) is 6.07 Å². The van der Waals surface area contributed by atoms with Crippen molar-refractivity contribution >= 4 is 17.3 Å². The molecule has 1 heterocycles. The molecule has 0 spiro atoms. The van der Waals surface area contributed by atoms with E-state index >= 15 is 0 Å². The van der Waals surface area contributed by atoms with E-state index in [4.69, 9.17) is 10.5 Å². The van der Waals surface area contributed by atoms with E-state index in [-0.39, 0.29) is 37.0 Å². The van der Waals surface area contributed by atoms with Crippen molar-refractivity contribution in [2.45, 2.75) is 6.10 Å². The van der Waals surface area contributed by atoms with Gasteiger partial charge in [0.15, 0.2) is 6.61 Å². The fraction of sp³-hybridized carbons (Fsp3) is 0.364. The Hall–Kier alpha value is -2.19. The standard InChI is InChI=1S/C11H13N3O5/c12-4-8(15)5-13-9-3-7(14(17)18)1-2-10(9)19-6-11(13)16/h1-3,8,15H,4-6,12H2. The van der Waals surface area contributed by atoms with E-state index < -0.39 is 11.0 Å². The maximum absolute atomic E-state index is 11.8. The molecule has 0 aromatic heterocycles. The van der Waals surface area contributed by atoms with Gasteiger partial charge in [-0.25, -0.2) is 0 Å². The zero-order chi connectivity index (χ0) is 14.0. The van der Waals surface area contributed by atoms with Gasteiger partial charge in [-0.3, -0.25) is 14.9 Å². The number of carbonyl (C=O) groups is 1. The number of carbonyl (C=O) groups excluding carboxylic acids is 1. The molecule has 2 rings (SSSR count). The average molecular weight is 267 g/mol. The summed E-state index contributed by atoms with van der Waals surface area (Å²) in [6.45, 7) is -0.191. The van der Waals surface area contributed by atoms with Gasteiger partial charge < -0.3 is 20.5 Å². The number of aliphatic hydroxyl groups excluding tert-OH is 1. The van der Waals surface area contributed by atoms with Crippen LogP contribution in [0.3, 0.4) is 0 Å². The molecule has 8 nitrogen and oxygen atoms in total. The van der Waals surface area contributed by atoms with Crippen molar-refractivity contribution in [3.63, 3.8) is 0 Å². The molecule has 0 radical (unpaired) electrons. The molecule has 1 aromatic carbocycles. The van der Waals surface area contributed by atoms with Crippen LogP contribution < -0.4 is 15.4 Å². The second-order valence-corrected chi connectivity index (χ2v) is 4.09. The molecule has 1 amide bonds. The minimum Gasteiger partial charge on any atom is -0.482 e. The summed E-state index contributed by atoms with van der Waals surface area (Å²) < 4.78 is 5.19. The van der Waals surface area contributed by atoms with Gasteiger partial charge in [0.25, 0.3) is 11.6 Å². The van der Waals surface area contributed by atoms with Gasteiger partial charge in [0.2, 0.25) is 0 Å². The van der Waals surface area contributed by atoms with Gasteiger partial charge in [0, 0.05) is 18.7 Å². The summed E-state index contributed by atoms with van der Waals surface area (Å²) in [6, 6.07) is 3.98. The molecule has 102 valence electrons. The smallest absolute Gasteiger partial charge is 0.271 e. The van der Waals surface area contributed by atoms with Crippen LogP contribution in [0.4, 0.5) is 11.4 Å². The van der Waals surface area contributed by atoms with Gasteiger partial charge in [0.1, 0.15) is 5.75 Å². The normalized spacial score (nSPS) is 15.7. The third-order valence-electron chi connectivity index (χ3n) is 2.76. The number of nitrogens with zero attached hydrogens (tertiary/aromatic N) is 2. The van der Waals surface area contributed by atoms with Crippen molar-refractivity contribution in [2.75, 3.05) is 24.6 Å². The largest absolute Gasteiger partial charge is 0.482 e. The molecular weight excluding hydrogens is 254 g/mol. The third-order valence-corrected chi connectivity index (χ3v) is 2.76. The summed E-state index contributed by atoms with van der Waals surface area (Å²) in [6.07, 6.45) is -0.894. The Bertz CT molecular complexity index is 519. The van der Waals surface area contributed by atoms with Crippen molar-refractivity contribution in [1.29, 1.82) is 0 Å². The van der Waals surface area contributed by atoms with E-state index in [1.165, 1.54) is 23.1 Å². The number of anilines is 1. The quantitative estimate of drug-likeness (QED) is 0.568. The highest BCUT2D eigenvalue weighted by atomic mass is 16.6. The lowest BCUT2D eigenvalue weighted by molar-refractivity contribution is -0.384. The van der Waals surface area contributed by atoms with Crippen LogP contribution in [0.5, 0.6) is 5.75 Å². The predicted molar refractivity (Wildman–Crippen MR) is 66.0 cm³/mol. The Labute approximate surface area is 108 Å². The zero-order valence-corrected chi connectivity index (χ0v) is 9.98. The minimum atomic E-state index is -0.894. The van der Waals surface area contributed by atoms with Gasteiger partial charge in [-0.2, -0.15) is 0 Å². The Morgan fingerprint density at radius 2 is 2.32 bits per heavy atom. The van der Waals surface area contributed by atoms with Crippen LogP contribution in [0.2, 0.25) is 0 Å². The molecular formula is C11H13N3O5. The number of rotatable bonds is 4. The highest BCUT2D eigenvalue weighted by Gasteiger charge is 2.28. The second-order valence-electron chi connectivity index (χ2n) is 4.09. The summed E-state index contributed by atoms with van der Waals surface area (Å²) in [5.74, 6) is -0.00470. The number of aliphatic hydroxyl groups is 1. The van der Waals surface area contributed by atoms with E-state index in [0.717, 1.165) is 0 Å². The Morgan fingerprint density at radius 3 is 2.95 bits per heavy atom. The number of fused-ring (bicyclic) bond motifs is 1. The molecule has 1 aliphatic rings. The number of amides is 1. The lowest BCUT2D eigenvalue weighted by Gasteiger charge is -2.30. The third kappa shape index (κ3) is 2.64. The first-order chi connectivity index (χ1) is 9.02. The topological polar surface area (TPSA) is 119 Å². The molecule has 1 aliphatic heterocycles. The van der Waals surface area contributed by atoms with Crippen LogP contribution in [0.15, 0.2) is 18.2 Å². The zero-order valence-electron chi connectivity index (χ0n) is 9.98. The lowest BCUT2D eigenvalue weighted by atomic mass is 10.2.